The molecule has 0 amide bonds. The van der Waals surface area contributed by atoms with E-state index in [9.17, 15) is 9.90 Å². The van der Waals surface area contributed by atoms with E-state index < -0.39 is 11.9 Å². The van der Waals surface area contributed by atoms with Crippen molar-refractivity contribution >= 4 is 5.97 Å². The van der Waals surface area contributed by atoms with Crippen molar-refractivity contribution in [1.82, 2.24) is 19.7 Å². The number of carboxylic acid groups (broad SMARTS) is 1. The number of rotatable bonds is 3. The number of carbonyl (C=O) groups is 1. The van der Waals surface area contributed by atoms with Crippen LogP contribution in [0.5, 0.6) is 0 Å². The van der Waals surface area contributed by atoms with Crippen LogP contribution in [0, 0.1) is 0 Å². The average molecular weight is 264 g/mol. The van der Waals surface area contributed by atoms with Crippen molar-refractivity contribution in [3.63, 3.8) is 0 Å². The second kappa shape index (κ2) is 4.92. The summed E-state index contributed by atoms with van der Waals surface area (Å²) < 4.78 is 1.80. The van der Waals surface area contributed by atoms with Crippen LogP contribution < -0.4 is 0 Å². The Morgan fingerprint density at radius 2 is 2.16 bits per heavy atom. The molecule has 1 fully saturated rings. The normalized spacial score (nSPS) is 27.4. The first-order chi connectivity index (χ1) is 9.15. The molecule has 0 aromatic carbocycles. The fourth-order valence-electron chi connectivity index (χ4n) is 3.17. The van der Waals surface area contributed by atoms with Crippen LogP contribution in [0.25, 0.3) is 0 Å². The predicted octanol–water partition coefficient (Wildman–Crippen LogP) is 0.877. The van der Waals surface area contributed by atoms with Crippen LogP contribution in [0.3, 0.4) is 0 Å². The zero-order valence-electron chi connectivity index (χ0n) is 11.2. The maximum absolute atomic E-state index is 11.2. The number of fused-ring (bicyclic) bond motifs is 1. The third-order valence-corrected chi connectivity index (χ3v) is 4.31. The SMILES string of the molecule is CN1CCCC1Cc1nc2n(n1)CCCC2C(=O)O. The van der Waals surface area contributed by atoms with Gasteiger partial charge < -0.3 is 10.0 Å². The van der Waals surface area contributed by atoms with E-state index in [0.29, 0.717) is 18.3 Å². The molecule has 1 saturated heterocycles. The Labute approximate surface area is 112 Å². The Morgan fingerprint density at radius 3 is 2.84 bits per heavy atom. The summed E-state index contributed by atoms with van der Waals surface area (Å²) >= 11 is 0. The lowest BCUT2D eigenvalue weighted by Crippen LogP contribution is -2.27. The lowest BCUT2D eigenvalue weighted by Gasteiger charge is -2.17. The van der Waals surface area contributed by atoms with Crippen molar-refractivity contribution in [2.75, 3.05) is 13.6 Å². The van der Waals surface area contributed by atoms with E-state index >= 15 is 0 Å². The molecule has 2 unspecified atom stereocenters. The third-order valence-electron chi connectivity index (χ3n) is 4.31. The number of carboxylic acids is 1. The molecule has 2 aliphatic rings. The molecule has 0 saturated carbocycles. The van der Waals surface area contributed by atoms with Gasteiger partial charge in [0, 0.05) is 19.0 Å². The van der Waals surface area contributed by atoms with Gasteiger partial charge in [-0.05, 0) is 39.3 Å². The molecular formula is C13H20N4O2. The molecule has 3 rings (SSSR count). The van der Waals surface area contributed by atoms with E-state index in [-0.39, 0.29) is 0 Å². The number of likely N-dealkylation sites (N-methyl/N-ethyl adjacent to an activating group) is 1. The van der Waals surface area contributed by atoms with Crippen LogP contribution in [0.4, 0.5) is 0 Å². The molecule has 104 valence electrons. The largest absolute Gasteiger partial charge is 0.481 e. The molecule has 0 bridgehead atoms. The number of likely N-dealkylation sites (tertiary alicyclic amines) is 1. The summed E-state index contributed by atoms with van der Waals surface area (Å²) in [4.78, 5) is 18.1. The van der Waals surface area contributed by atoms with Gasteiger partial charge in [-0.25, -0.2) is 9.67 Å². The van der Waals surface area contributed by atoms with Crippen molar-refractivity contribution in [2.45, 2.75) is 50.6 Å². The van der Waals surface area contributed by atoms with E-state index in [1.165, 1.54) is 12.8 Å². The summed E-state index contributed by atoms with van der Waals surface area (Å²) in [6.07, 6.45) is 4.80. The predicted molar refractivity (Wildman–Crippen MR) is 69.0 cm³/mol. The second-order valence-corrected chi connectivity index (χ2v) is 5.62. The van der Waals surface area contributed by atoms with Crippen molar-refractivity contribution in [3.05, 3.63) is 11.6 Å². The first kappa shape index (κ1) is 12.6. The lowest BCUT2D eigenvalue weighted by atomic mass is 10.00. The van der Waals surface area contributed by atoms with Gasteiger partial charge in [-0.2, -0.15) is 5.10 Å². The van der Waals surface area contributed by atoms with Crippen molar-refractivity contribution in [3.8, 4) is 0 Å². The van der Waals surface area contributed by atoms with Crippen molar-refractivity contribution in [1.29, 1.82) is 0 Å². The molecule has 6 heteroatoms. The highest BCUT2D eigenvalue weighted by atomic mass is 16.4. The molecule has 1 aromatic rings. The standard InChI is InChI=1S/C13H20N4O2/c1-16-6-2-4-9(16)8-11-14-12-10(13(18)19)5-3-7-17(12)15-11/h9-10H,2-8H2,1H3,(H,18,19). The van der Waals surface area contributed by atoms with Gasteiger partial charge in [0.25, 0.3) is 0 Å². The minimum Gasteiger partial charge on any atom is -0.481 e. The summed E-state index contributed by atoms with van der Waals surface area (Å²) in [5, 5.41) is 13.7. The fraction of sp³-hybridized carbons (Fsp3) is 0.769. The summed E-state index contributed by atoms with van der Waals surface area (Å²) in [6.45, 7) is 1.93. The Kier molecular flexibility index (Phi) is 3.26. The molecule has 0 aliphatic carbocycles. The van der Waals surface area contributed by atoms with Crippen LogP contribution >= 0.6 is 0 Å². The zero-order chi connectivity index (χ0) is 13.4. The van der Waals surface area contributed by atoms with Crippen molar-refractivity contribution in [2.24, 2.45) is 0 Å². The number of aromatic nitrogens is 3. The van der Waals surface area contributed by atoms with Gasteiger partial charge in [-0.1, -0.05) is 0 Å². The van der Waals surface area contributed by atoms with Crippen LogP contribution in [0.2, 0.25) is 0 Å². The average Bonchev–Trinajstić information content (AvgIpc) is 2.95. The van der Waals surface area contributed by atoms with Gasteiger partial charge in [-0.3, -0.25) is 4.79 Å². The highest BCUT2D eigenvalue weighted by molar-refractivity contribution is 5.75. The van der Waals surface area contributed by atoms with E-state index in [0.717, 1.165) is 31.8 Å². The van der Waals surface area contributed by atoms with Gasteiger partial charge in [0.1, 0.15) is 11.7 Å². The maximum atomic E-state index is 11.2. The molecule has 2 atom stereocenters. The van der Waals surface area contributed by atoms with Gasteiger partial charge >= 0.3 is 5.97 Å². The highest BCUT2D eigenvalue weighted by Gasteiger charge is 2.31. The molecule has 19 heavy (non-hydrogen) atoms. The van der Waals surface area contributed by atoms with Gasteiger partial charge in [0.15, 0.2) is 5.82 Å². The smallest absolute Gasteiger partial charge is 0.314 e. The van der Waals surface area contributed by atoms with Crippen LogP contribution in [0.1, 0.15) is 43.3 Å². The molecule has 2 aliphatic heterocycles. The second-order valence-electron chi connectivity index (χ2n) is 5.62. The molecule has 1 aromatic heterocycles. The third kappa shape index (κ3) is 2.36. The molecule has 1 N–H and O–H groups in total. The minimum absolute atomic E-state index is 0.476. The monoisotopic (exact) mass is 264 g/mol. The summed E-state index contributed by atoms with van der Waals surface area (Å²) in [6, 6.07) is 0.507. The number of nitrogens with zero attached hydrogens (tertiary/aromatic N) is 4. The fourth-order valence-corrected chi connectivity index (χ4v) is 3.17. The number of hydrogen-bond donors (Lipinski definition) is 1. The highest BCUT2D eigenvalue weighted by Crippen LogP contribution is 2.26. The lowest BCUT2D eigenvalue weighted by molar-refractivity contribution is -0.139. The first-order valence-corrected chi connectivity index (χ1v) is 7.02. The topological polar surface area (TPSA) is 71.2 Å². The molecular weight excluding hydrogens is 244 g/mol. The van der Waals surface area contributed by atoms with E-state index in [1.54, 1.807) is 4.68 Å². The Morgan fingerprint density at radius 1 is 1.37 bits per heavy atom. The minimum atomic E-state index is -0.780. The molecule has 3 heterocycles. The maximum Gasteiger partial charge on any atom is 0.314 e. The van der Waals surface area contributed by atoms with Crippen LogP contribution in [-0.4, -0.2) is 50.4 Å². The van der Waals surface area contributed by atoms with Gasteiger partial charge in [0.2, 0.25) is 0 Å². The number of aryl methyl sites for hydroxylation is 1. The summed E-state index contributed by atoms with van der Waals surface area (Å²) in [5.74, 6) is 0.200. The van der Waals surface area contributed by atoms with E-state index in [1.807, 2.05) is 0 Å². The molecule has 6 nitrogen and oxygen atoms in total. The van der Waals surface area contributed by atoms with Gasteiger partial charge in [-0.15, -0.1) is 0 Å². The Hall–Kier alpha value is -1.43. The molecule has 0 radical (unpaired) electrons. The van der Waals surface area contributed by atoms with Crippen LogP contribution in [-0.2, 0) is 17.8 Å². The van der Waals surface area contributed by atoms with E-state index in [2.05, 4.69) is 22.0 Å². The summed E-state index contributed by atoms with van der Waals surface area (Å²) in [7, 11) is 2.13. The van der Waals surface area contributed by atoms with Crippen LogP contribution in [0.15, 0.2) is 0 Å². The zero-order valence-corrected chi connectivity index (χ0v) is 11.2. The number of hydrogen-bond acceptors (Lipinski definition) is 4. The Balaban J connectivity index is 1.79. The van der Waals surface area contributed by atoms with Crippen molar-refractivity contribution < 1.29 is 9.90 Å². The summed E-state index contributed by atoms with van der Waals surface area (Å²) in [5.41, 5.74) is 0. The Bertz CT molecular complexity index is 485. The molecule has 0 spiro atoms. The quantitative estimate of drug-likeness (QED) is 0.877. The number of aliphatic carboxylic acids is 1. The first-order valence-electron chi connectivity index (χ1n) is 7.02. The van der Waals surface area contributed by atoms with Gasteiger partial charge in [0.05, 0.1) is 0 Å². The van der Waals surface area contributed by atoms with E-state index in [4.69, 9.17) is 0 Å².